The molecule has 28 heavy (non-hydrogen) atoms. The van der Waals surface area contributed by atoms with Gasteiger partial charge in [0.25, 0.3) is 5.69 Å². The van der Waals surface area contributed by atoms with E-state index in [1.165, 1.54) is 29.5 Å². The van der Waals surface area contributed by atoms with Crippen LogP contribution >= 0.6 is 22.9 Å². The van der Waals surface area contributed by atoms with Crippen molar-refractivity contribution in [1.29, 1.82) is 5.26 Å². The van der Waals surface area contributed by atoms with Gasteiger partial charge in [-0.2, -0.15) is 5.26 Å². The van der Waals surface area contributed by atoms with Crippen LogP contribution in [0, 0.1) is 21.4 Å². The third kappa shape index (κ3) is 3.39. The Morgan fingerprint density at radius 3 is 2.82 bits per heavy atom. The molecule has 0 fully saturated rings. The molecule has 0 unspecified atom stereocenters. The van der Waals surface area contributed by atoms with E-state index in [0.29, 0.717) is 32.7 Å². The van der Waals surface area contributed by atoms with Crippen LogP contribution < -0.4 is 0 Å². The Morgan fingerprint density at radius 1 is 1.25 bits per heavy atom. The summed E-state index contributed by atoms with van der Waals surface area (Å²) in [6.45, 7) is 0. The summed E-state index contributed by atoms with van der Waals surface area (Å²) in [5.74, 6) is 0.801. The lowest BCUT2D eigenvalue weighted by Gasteiger charge is -2.00. The average Bonchev–Trinajstić information content (AvgIpc) is 3.33. The Hall–Kier alpha value is -3.47. The summed E-state index contributed by atoms with van der Waals surface area (Å²) in [4.78, 5) is 15.0. The highest BCUT2D eigenvalue weighted by atomic mass is 35.5. The van der Waals surface area contributed by atoms with Gasteiger partial charge >= 0.3 is 0 Å². The van der Waals surface area contributed by atoms with E-state index in [0.717, 1.165) is 10.2 Å². The van der Waals surface area contributed by atoms with E-state index in [1.54, 1.807) is 18.2 Å². The Balaban J connectivity index is 1.71. The van der Waals surface area contributed by atoms with E-state index in [-0.39, 0.29) is 5.69 Å². The number of furan rings is 1. The van der Waals surface area contributed by atoms with E-state index in [9.17, 15) is 15.4 Å². The van der Waals surface area contributed by atoms with Gasteiger partial charge in [-0.25, -0.2) is 4.98 Å². The second-order valence-electron chi connectivity index (χ2n) is 5.78. The predicted octanol–water partition coefficient (Wildman–Crippen LogP) is 6.18. The van der Waals surface area contributed by atoms with E-state index in [4.69, 9.17) is 16.0 Å². The van der Waals surface area contributed by atoms with E-state index in [2.05, 4.69) is 11.1 Å². The summed E-state index contributed by atoms with van der Waals surface area (Å²) < 4.78 is 6.74. The normalized spacial score (nSPS) is 11.5. The summed E-state index contributed by atoms with van der Waals surface area (Å²) in [6.07, 6.45) is 1.59. The number of nitro benzene ring substituents is 1. The lowest BCUT2D eigenvalue weighted by Crippen LogP contribution is -1.88. The monoisotopic (exact) mass is 407 g/mol. The molecule has 0 aliphatic heterocycles. The number of nitriles is 1. The number of nitro groups is 1. The van der Waals surface area contributed by atoms with Crippen molar-refractivity contribution < 1.29 is 9.34 Å². The molecule has 0 spiro atoms. The number of non-ortho nitro benzene ring substituents is 1. The minimum Gasteiger partial charge on any atom is -0.457 e. The molecule has 2 aromatic carbocycles. The highest BCUT2D eigenvalue weighted by molar-refractivity contribution is 7.19. The first-order valence-electron chi connectivity index (χ1n) is 8.07. The zero-order chi connectivity index (χ0) is 19.7. The standard InChI is InChI=1S/C20H10ClN3O3S/c21-16-7-5-13(24(25)26)10-15(16)18-8-6-14(27-18)9-12(11-22)20-23-17-3-1-2-4-19(17)28-20/h1-10H/b12-9+. The predicted molar refractivity (Wildman–Crippen MR) is 109 cm³/mol. The number of aromatic nitrogens is 1. The highest BCUT2D eigenvalue weighted by Gasteiger charge is 2.15. The SMILES string of the molecule is N#C/C(=C\c1ccc(-c2cc([N+](=O)[O-])ccc2Cl)o1)c1nc2ccccc2s1. The molecule has 4 aromatic rings. The number of hydrogen-bond donors (Lipinski definition) is 0. The van der Waals surface area contributed by atoms with Gasteiger partial charge in [-0.3, -0.25) is 10.1 Å². The number of benzene rings is 2. The fourth-order valence-electron chi connectivity index (χ4n) is 2.66. The smallest absolute Gasteiger partial charge is 0.270 e. The number of allylic oxidation sites excluding steroid dienone is 1. The first kappa shape index (κ1) is 17.9. The molecule has 0 radical (unpaired) electrons. The van der Waals surface area contributed by atoms with Crippen LogP contribution in [0.2, 0.25) is 5.02 Å². The van der Waals surface area contributed by atoms with Crippen LogP contribution in [0.1, 0.15) is 10.8 Å². The molecule has 2 aromatic heterocycles. The molecule has 0 aliphatic rings. The van der Waals surface area contributed by atoms with Crippen molar-refractivity contribution in [2.45, 2.75) is 0 Å². The number of nitrogens with zero attached hydrogens (tertiary/aromatic N) is 3. The lowest BCUT2D eigenvalue weighted by molar-refractivity contribution is -0.384. The third-order valence-electron chi connectivity index (χ3n) is 3.98. The number of rotatable bonds is 4. The maximum atomic E-state index is 11.0. The number of thiazole rings is 1. The summed E-state index contributed by atoms with van der Waals surface area (Å²) in [5, 5.41) is 21.5. The minimum atomic E-state index is -0.496. The van der Waals surface area contributed by atoms with Crippen LogP contribution in [0.3, 0.4) is 0 Å². The molecule has 0 saturated carbocycles. The van der Waals surface area contributed by atoms with Gasteiger partial charge in [-0.1, -0.05) is 23.7 Å². The Kier molecular flexibility index (Phi) is 4.65. The van der Waals surface area contributed by atoms with Gasteiger partial charge < -0.3 is 4.42 Å². The average molecular weight is 408 g/mol. The molecule has 0 saturated heterocycles. The molecule has 8 heteroatoms. The summed E-state index contributed by atoms with van der Waals surface area (Å²) in [6, 6.07) is 17.3. The molecule has 136 valence electrons. The molecule has 4 rings (SSSR count). The Morgan fingerprint density at radius 2 is 2.07 bits per heavy atom. The highest BCUT2D eigenvalue weighted by Crippen LogP contribution is 2.34. The van der Waals surface area contributed by atoms with Crippen molar-refractivity contribution in [3.8, 4) is 17.4 Å². The molecule has 0 bridgehead atoms. The van der Waals surface area contributed by atoms with Crippen LogP contribution in [0.15, 0.2) is 59.0 Å². The van der Waals surface area contributed by atoms with Crippen molar-refractivity contribution in [2.24, 2.45) is 0 Å². The second-order valence-corrected chi connectivity index (χ2v) is 7.22. The van der Waals surface area contributed by atoms with Crippen molar-refractivity contribution in [3.63, 3.8) is 0 Å². The number of halogens is 1. The van der Waals surface area contributed by atoms with Crippen LogP contribution in [0.4, 0.5) is 5.69 Å². The molecule has 0 N–H and O–H groups in total. The fraction of sp³-hybridized carbons (Fsp3) is 0. The molecular weight excluding hydrogens is 398 g/mol. The lowest BCUT2D eigenvalue weighted by atomic mass is 10.1. The van der Waals surface area contributed by atoms with Gasteiger partial charge in [0.2, 0.25) is 0 Å². The summed E-state index contributed by atoms with van der Waals surface area (Å²) in [7, 11) is 0. The largest absolute Gasteiger partial charge is 0.457 e. The number of fused-ring (bicyclic) bond motifs is 1. The van der Waals surface area contributed by atoms with Crippen LogP contribution in [-0.2, 0) is 0 Å². The first-order valence-corrected chi connectivity index (χ1v) is 9.26. The van der Waals surface area contributed by atoms with Crippen molar-refractivity contribution in [3.05, 3.63) is 80.5 Å². The third-order valence-corrected chi connectivity index (χ3v) is 5.38. The minimum absolute atomic E-state index is 0.0833. The maximum Gasteiger partial charge on any atom is 0.270 e. The Labute approximate surface area is 168 Å². The van der Waals surface area contributed by atoms with Crippen molar-refractivity contribution in [2.75, 3.05) is 0 Å². The zero-order valence-electron chi connectivity index (χ0n) is 14.1. The van der Waals surface area contributed by atoms with Crippen molar-refractivity contribution >= 4 is 50.5 Å². The van der Waals surface area contributed by atoms with Gasteiger partial charge in [-0.15, -0.1) is 11.3 Å². The molecule has 0 aliphatic carbocycles. The van der Waals surface area contributed by atoms with Gasteiger partial charge in [0.05, 0.1) is 25.7 Å². The molecular formula is C20H10ClN3O3S. The van der Waals surface area contributed by atoms with Gasteiger partial charge in [0, 0.05) is 23.8 Å². The van der Waals surface area contributed by atoms with Gasteiger partial charge in [0.1, 0.15) is 22.6 Å². The van der Waals surface area contributed by atoms with Crippen LogP contribution in [0.5, 0.6) is 0 Å². The van der Waals surface area contributed by atoms with E-state index >= 15 is 0 Å². The molecule has 2 heterocycles. The second kappa shape index (κ2) is 7.27. The summed E-state index contributed by atoms with van der Waals surface area (Å²) >= 11 is 7.58. The maximum absolute atomic E-state index is 11.0. The number of para-hydroxylation sites is 1. The first-order chi connectivity index (χ1) is 13.5. The number of hydrogen-bond acceptors (Lipinski definition) is 6. The van der Waals surface area contributed by atoms with Crippen molar-refractivity contribution in [1.82, 2.24) is 4.98 Å². The zero-order valence-corrected chi connectivity index (χ0v) is 15.7. The Bertz CT molecular complexity index is 1250. The quantitative estimate of drug-likeness (QED) is 0.228. The van der Waals surface area contributed by atoms with Crippen LogP contribution in [0.25, 0.3) is 33.2 Å². The molecule has 6 nitrogen and oxygen atoms in total. The summed E-state index contributed by atoms with van der Waals surface area (Å²) in [5.41, 5.74) is 1.52. The van der Waals surface area contributed by atoms with E-state index in [1.807, 2.05) is 24.3 Å². The van der Waals surface area contributed by atoms with E-state index < -0.39 is 4.92 Å². The molecule has 0 amide bonds. The van der Waals surface area contributed by atoms with Gasteiger partial charge in [-0.05, 0) is 30.3 Å². The van der Waals surface area contributed by atoms with Crippen LogP contribution in [-0.4, -0.2) is 9.91 Å². The fourth-order valence-corrected chi connectivity index (χ4v) is 3.80. The van der Waals surface area contributed by atoms with Gasteiger partial charge in [0.15, 0.2) is 0 Å². The topological polar surface area (TPSA) is 93.0 Å². The molecule has 0 atom stereocenters.